The monoisotopic (exact) mass is 198 g/mol. The van der Waals surface area contributed by atoms with Crippen LogP contribution in [-0.2, 0) is 6.42 Å². The van der Waals surface area contributed by atoms with Gasteiger partial charge in [-0.1, -0.05) is 13.3 Å². The molecule has 0 saturated carbocycles. The molecule has 4 heteroatoms. The first-order valence-corrected chi connectivity index (χ1v) is 5.40. The van der Waals surface area contributed by atoms with Crippen molar-refractivity contribution < 1.29 is 5.11 Å². The maximum atomic E-state index is 8.64. The Morgan fingerprint density at radius 1 is 1.46 bits per heavy atom. The molecule has 3 nitrogen and oxygen atoms in total. The molecule has 0 aliphatic carbocycles. The summed E-state index contributed by atoms with van der Waals surface area (Å²) >= 11 is 1.56. The Morgan fingerprint density at radius 2 is 2.31 bits per heavy atom. The highest BCUT2D eigenvalue weighted by molar-refractivity contribution is 7.99. The lowest BCUT2D eigenvalue weighted by Crippen LogP contribution is -1.93. The summed E-state index contributed by atoms with van der Waals surface area (Å²) in [5.41, 5.74) is 1.08. The number of hydrogen-bond donors (Lipinski definition) is 1. The van der Waals surface area contributed by atoms with Crippen molar-refractivity contribution in [1.82, 2.24) is 9.97 Å². The predicted molar refractivity (Wildman–Crippen MR) is 53.8 cm³/mol. The number of aryl methyl sites for hydroxylation is 1. The number of aliphatic hydroxyl groups excluding tert-OH is 1. The van der Waals surface area contributed by atoms with Gasteiger partial charge in [0.05, 0.1) is 11.6 Å². The Kier molecular flexibility index (Phi) is 4.78. The molecule has 1 aromatic rings. The lowest BCUT2D eigenvalue weighted by Gasteiger charge is -2.00. The summed E-state index contributed by atoms with van der Waals surface area (Å²) in [7, 11) is 0. The van der Waals surface area contributed by atoms with Crippen LogP contribution in [0, 0.1) is 0 Å². The number of thioether (sulfide) groups is 1. The van der Waals surface area contributed by atoms with Gasteiger partial charge in [-0.3, -0.25) is 0 Å². The third-order valence-corrected chi connectivity index (χ3v) is 2.45. The van der Waals surface area contributed by atoms with Gasteiger partial charge in [-0.05, 0) is 12.5 Å². The van der Waals surface area contributed by atoms with Gasteiger partial charge in [-0.2, -0.15) is 0 Å². The van der Waals surface area contributed by atoms with Crippen molar-refractivity contribution in [2.75, 3.05) is 12.4 Å². The molecule has 1 heterocycles. The molecule has 0 saturated heterocycles. The smallest absolute Gasteiger partial charge is 0.116 e. The topological polar surface area (TPSA) is 46.0 Å². The highest BCUT2D eigenvalue weighted by Gasteiger charge is 1.97. The van der Waals surface area contributed by atoms with Crippen LogP contribution in [0.2, 0.25) is 0 Å². The number of aromatic nitrogens is 2. The zero-order chi connectivity index (χ0) is 9.52. The Balaban J connectivity index is 2.56. The van der Waals surface area contributed by atoms with Gasteiger partial charge in [-0.25, -0.2) is 9.97 Å². The highest BCUT2D eigenvalue weighted by Crippen LogP contribution is 2.14. The van der Waals surface area contributed by atoms with E-state index in [-0.39, 0.29) is 6.61 Å². The van der Waals surface area contributed by atoms with Crippen molar-refractivity contribution >= 4 is 11.8 Å². The minimum atomic E-state index is 0.192. The van der Waals surface area contributed by atoms with E-state index in [2.05, 4.69) is 16.9 Å². The molecule has 0 aliphatic heterocycles. The first kappa shape index (κ1) is 10.5. The summed E-state index contributed by atoms with van der Waals surface area (Å²) < 4.78 is 0. The Hall–Kier alpha value is -0.610. The van der Waals surface area contributed by atoms with E-state index in [9.17, 15) is 0 Å². The molecule has 1 aromatic heterocycles. The molecule has 0 bridgehead atoms. The summed E-state index contributed by atoms with van der Waals surface area (Å²) in [6.07, 6.45) is 3.68. The van der Waals surface area contributed by atoms with E-state index < -0.39 is 0 Å². The van der Waals surface area contributed by atoms with Gasteiger partial charge in [0, 0.05) is 11.4 Å². The Labute approximate surface area is 82.6 Å². The van der Waals surface area contributed by atoms with Crippen molar-refractivity contribution in [1.29, 1.82) is 0 Å². The summed E-state index contributed by atoms with van der Waals surface area (Å²) in [4.78, 5) is 8.25. The molecular weight excluding hydrogens is 184 g/mol. The lowest BCUT2D eigenvalue weighted by atomic mass is 10.2. The molecular formula is C9H14N2OS. The zero-order valence-corrected chi connectivity index (χ0v) is 8.55. The zero-order valence-electron chi connectivity index (χ0n) is 7.73. The molecule has 0 fully saturated rings. The molecule has 0 radical (unpaired) electrons. The normalized spacial score (nSPS) is 10.3. The van der Waals surface area contributed by atoms with Crippen molar-refractivity contribution in [3.8, 4) is 0 Å². The van der Waals surface area contributed by atoms with Crippen molar-refractivity contribution in [3.63, 3.8) is 0 Å². The molecule has 13 heavy (non-hydrogen) atoms. The molecule has 0 spiro atoms. The van der Waals surface area contributed by atoms with E-state index in [1.807, 2.05) is 6.07 Å². The average molecular weight is 198 g/mol. The van der Waals surface area contributed by atoms with Crippen molar-refractivity contribution in [2.24, 2.45) is 0 Å². The molecule has 0 aliphatic rings. The van der Waals surface area contributed by atoms with Crippen LogP contribution in [0.1, 0.15) is 19.0 Å². The van der Waals surface area contributed by atoms with Gasteiger partial charge in [0.25, 0.3) is 0 Å². The number of rotatable bonds is 5. The van der Waals surface area contributed by atoms with E-state index in [0.717, 1.165) is 23.6 Å². The van der Waals surface area contributed by atoms with Crippen LogP contribution >= 0.6 is 11.8 Å². The quantitative estimate of drug-likeness (QED) is 0.575. The van der Waals surface area contributed by atoms with Crippen LogP contribution in [0.25, 0.3) is 0 Å². The van der Waals surface area contributed by atoms with Gasteiger partial charge < -0.3 is 5.11 Å². The predicted octanol–water partition coefficient (Wildman–Crippen LogP) is 1.51. The van der Waals surface area contributed by atoms with E-state index >= 15 is 0 Å². The van der Waals surface area contributed by atoms with Crippen LogP contribution in [0.5, 0.6) is 0 Å². The summed E-state index contributed by atoms with van der Waals surface area (Å²) in [6.45, 7) is 2.32. The summed E-state index contributed by atoms with van der Waals surface area (Å²) in [5.74, 6) is 0.697. The van der Waals surface area contributed by atoms with Crippen molar-refractivity contribution in [2.45, 2.75) is 24.8 Å². The van der Waals surface area contributed by atoms with Crippen LogP contribution in [-0.4, -0.2) is 27.4 Å². The third-order valence-electron chi connectivity index (χ3n) is 1.55. The fraction of sp³-hybridized carbons (Fsp3) is 0.556. The minimum Gasteiger partial charge on any atom is -0.396 e. The fourth-order valence-electron chi connectivity index (χ4n) is 0.999. The van der Waals surface area contributed by atoms with Gasteiger partial charge >= 0.3 is 0 Å². The Bertz CT molecular complexity index is 255. The van der Waals surface area contributed by atoms with Gasteiger partial charge in [0.1, 0.15) is 6.33 Å². The van der Waals surface area contributed by atoms with E-state index in [1.54, 1.807) is 18.1 Å². The van der Waals surface area contributed by atoms with Crippen LogP contribution in [0.15, 0.2) is 17.4 Å². The lowest BCUT2D eigenvalue weighted by molar-refractivity contribution is 0.322. The molecule has 1 N–H and O–H groups in total. The van der Waals surface area contributed by atoms with E-state index in [4.69, 9.17) is 5.11 Å². The maximum Gasteiger partial charge on any atom is 0.116 e. The largest absolute Gasteiger partial charge is 0.396 e. The second kappa shape index (κ2) is 5.94. The molecule has 1 rings (SSSR count). The van der Waals surface area contributed by atoms with Gasteiger partial charge in [-0.15, -0.1) is 11.8 Å². The average Bonchev–Trinajstić information content (AvgIpc) is 2.16. The minimum absolute atomic E-state index is 0.192. The maximum absolute atomic E-state index is 8.64. The second-order valence-electron chi connectivity index (χ2n) is 2.67. The first-order chi connectivity index (χ1) is 6.36. The molecule has 0 amide bonds. The number of hydrogen-bond acceptors (Lipinski definition) is 4. The van der Waals surface area contributed by atoms with Crippen LogP contribution < -0.4 is 0 Å². The summed E-state index contributed by atoms with van der Waals surface area (Å²) in [6, 6.07) is 1.99. The third kappa shape index (κ3) is 3.74. The summed E-state index contributed by atoms with van der Waals surface area (Å²) in [5, 5.41) is 9.59. The fourth-order valence-corrected chi connectivity index (χ4v) is 1.64. The second-order valence-corrected chi connectivity index (χ2v) is 3.78. The SMILES string of the molecule is CCCc1cc(SCCO)ncn1. The molecule has 0 unspecified atom stereocenters. The highest BCUT2D eigenvalue weighted by atomic mass is 32.2. The Morgan fingerprint density at radius 3 is 3.00 bits per heavy atom. The van der Waals surface area contributed by atoms with Gasteiger partial charge in [0.2, 0.25) is 0 Å². The molecule has 72 valence electrons. The first-order valence-electron chi connectivity index (χ1n) is 4.41. The number of aliphatic hydroxyl groups is 1. The molecule has 0 atom stereocenters. The number of nitrogens with zero attached hydrogens (tertiary/aromatic N) is 2. The van der Waals surface area contributed by atoms with Crippen molar-refractivity contribution in [3.05, 3.63) is 18.1 Å². The van der Waals surface area contributed by atoms with Crippen LogP contribution in [0.3, 0.4) is 0 Å². The van der Waals surface area contributed by atoms with Crippen LogP contribution in [0.4, 0.5) is 0 Å². The van der Waals surface area contributed by atoms with E-state index in [0.29, 0.717) is 5.75 Å². The van der Waals surface area contributed by atoms with Gasteiger partial charge in [0.15, 0.2) is 0 Å². The standard InChI is InChI=1S/C9H14N2OS/c1-2-3-8-6-9(11-7-10-8)13-5-4-12/h6-7,12H,2-5H2,1H3. The molecule has 0 aromatic carbocycles. The van der Waals surface area contributed by atoms with E-state index in [1.165, 1.54) is 0 Å².